The highest BCUT2D eigenvalue weighted by molar-refractivity contribution is 7.98. The number of pyridine rings is 1. The predicted molar refractivity (Wildman–Crippen MR) is 100 cm³/mol. The predicted octanol–water partition coefficient (Wildman–Crippen LogP) is 3.89. The summed E-state index contributed by atoms with van der Waals surface area (Å²) in [5, 5.41) is 9.60. The number of nitriles is 1. The van der Waals surface area contributed by atoms with E-state index in [1.807, 2.05) is 31.6 Å². The van der Waals surface area contributed by atoms with Crippen LogP contribution in [0.25, 0.3) is 5.65 Å². The minimum Gasteiger partial charge on any atom is -0.364 e. The molecule has 0 unspecified atom stereocenters. The zero-order chi connectivity index (χ0) is 17.3. The summed E-state index contributed by atoms with van der Waals surface area (Å²) in [4.78, 5) is 7.72. The molecule has 0 atom stereocenters. The summed E-state index contributed by atoms with van der Waals surface area (Å²) in [5.74, 6) is 1.08. The van der Waals surface area contributed by atoms with E-state index in [0.717, 1.165) is 23.4 Å². The minimum absolute atomic E-state index is 0.654. The van der Waals surface area contributed by atoms with Gasteiger partial charge in [0.25, 0.3) is 0 Å². The normalized spacial score (nSPS) is 10.8. The Balaban J connectivity index is 2.19. The van der Waals surface area contributed by atoms with E-state index in [-0.39, 0.29) is 0 Å². The summed E-state index contributed by atoms with van der Waals surface area (Å²) >= 11 is 1.74. The van der Waals surface area contributed by atoms with Crippen molar-refractivity contribution in [3.8, 4) is 6.07 Å². The molecular formula is C19H20N4S. The third kappa shape index (κ3) is 2.74. The van der Waals surface area contributed by atoms with E-state index in [9.17, 15) is 5.26 Å². The van der Waals surface area contributed by atoms with Crippen molar-refractivity contribution in [2.24, 2.45) is 0 Å². The topological polar surface area (TPSA) is 44.3 Å². The number of anilines is 1. The molecule has 24 heavy (non-hydrogen) atoms. The number of rotatable bonds is 4. The molecule has 2 heterocycles. The monoisotopic (exact) mass is 336 g/mol. The highest BCUT2D eigenvalue weighted by Crippen LogP contribution is 2.30. The maximum atomic E-state index is 9.60. The average molecular weight is 336 g/mol. The molecule has 0 N–H and O–H groups in total. The molecule has 5 heteroatoms. The van der Waals surface area contributed by atoms with Gasteiger partial charge in [-0.25, -0.2) is 4.98 Å². The Labute approximate surface area is 146 Å². The first-order chi connectivity index (χ1) is 11.6. The molecule has 2 aromatic heterocycles. The Hall–Kier alpha value is -2.45. The number of fused-ring (bicyclic) bond motifs is 1. The van der Waals surface area contributed by atoms with Crippen molar-refractivity contribution in [2.75, 3.05) is 25.3 Å². The van der Waals surface area contributed by atoms with Crippen LogP contribution in [-0.4, -0.2) is 29.7 Å². The van der Waals surface area contributed by atoms with Gasteiger partial charge in [0, 0.05) is 43.4 Å². The van der Waals surface area contributed by atoms with Crippen molar-refractivity contribution in [3.05, 3.63) is 58.9 Å². The van der Waals surface area contributed by atoms with Crippen LogP contribution in [0.4, 0.5) is 5.82 Å². The fourth-order valence-corrected chi connectivity index (χ4v) is 3.48. The molecule has 0 amide bonds. The molecular weight excluding hydrogens is 316 g/mol. The van der Waals surface area contributed by atoms with Gasteiger partial charge in [0.05, 0.1) is 5.56 Å². The van der Waals surface area contributed by atoms with E-state index in [1.54, 1.807) is 18.0 Å². The molecule has 0 fully saturated rings. The zero-order valence-electron chi connectivity index (χ0n) is 14.4. The van der Waals surface area contributed by atoms with Gasteiger partial charge in [-0.05, 0) is 36.4 Å². The average Bonchev–Trinajstić information content (AvgIpc) is 3.04. The molecule has 1 aromatic carbocycles. The number of nitrogens with zero attached hydrogens (tertiary/aromatic N) is 4. The van der Waals surface area contributed by atoms with Gasteiger partial charge >= 0.3 is 0 Å². The first kappa shape index (κ1) is 16.4. The summed E-state index contributed by atoms with van der Waals surface area (Å²) in [6.45, 7) is 2.02. The molecule has 0 aliphatic carbocycles. The van der Waals surface area contributed by atoms with E-state index in [1.165, 1.54) is 16.0 Å². The van der Waals surface area contributed by atoms with Gasteiger partial charge in [-0.15, -0.1) is 11.8 Å². The SMILES string of the molecule is CSc1ccc(Cc2c(C)c(C#N)c3nccn3c2N(C)C)cc1. The Kier molecular flexibility index (Phi) is 4.50. The third-order valence-corrected chi connectivity index (χ3v) is 5.01. The molecule has 0 saturated heterocycles. The first-order valence-electron chi connectivity index (χ1n) is 7.75. The molecule has 0 bridgehead atoms. The van der Waals surface area contributed by atoms with Gasteiger partial charge in [-0.2, -0.15) is 5.26 Å². The van der Waals surface area contributed by atoms with Crippen LogP contribution in [-0.2, 0) is 6.42 Å². The van der Waals surface area contributed by atoms with Gasteiger partial charge in [0.2, 0.25) is 0 Å². The van der Waals surface area contributed by atoms with Crippen LogP contribution in [0.1, 0.15) is 22.3 Å². The third-order valence-electron chi connectivity index (χ3n) is 4.27. The van der Waals surface area contributed by atoms with E-state index < -0.39 is 0 Å². The number of aromatic nitrogens is 2. The van der Waals surface area contributed by atoms with Gasteiger partial charge in [-0.1, -0.05) is 12.1 Å². The number of hydrogen-bond donors (Lipinski definition) is 0. The standard InChI is InChI=1S/C19H20N4S/c1-13-16(11-14-5-7-15(24-4)8-6-14)19(22(2)3)23-10-9-21-18(23)17(13)12-20/h5-10H,11H2,1-4H3. The molecule has 3 aromatic rings. The van der Waals surface area contributed by atoms with Crippen molar-refractivity contribution < 1.29 is 0 Å². The molecule has 4 nitrogen and oxygen atoms in total. The maximum Gasteiger partial charge on any atom is 0.156 e. The summed E-state index contributed by atoms with van der Waals surface area (Å²) in [6.07, 6.45) is 6.54. The molecule has 0 aliphatic heterocycles. The summed E-state index contributed by atoms with van der Waals surface area (Å²) in [7, 11) is 4.06. The molecule has 0 saturated carbocycles. The van der Waals surface area contributed by atoms with Crippen molar-refractivity contribution in [1.82, 2.24) is 9.38 Å². The molecule has 0 spiro atoms. The number of thioether (sulfide) groups is 1. The number of benzene rings is 1. The minimum atomic E-state index is 0.654. The van der Waals surface area contributed by atoms with Gasteiger partial charge in [0.15, 0.2) is 5.65 Å². The lowest BCUT2D eigenvalue weighted by molar-refractivity contribution is 0.973. The Morgan fingerprint density at radius 3 is 2.54 bits per heavy atom. The van der Waals surface area contributed by atoms with E-state index in [2.05, 4.69) is 46.5 Å². The van der Waals surface area contributed by atoms with Crippen LogP contribution in [0.5, 0.6) is 0 Å². The van der Waals surface area contributed by atoms with Crippen molar-refractivity contribution in [2.45, 2.75) is 18.2 Å². The quantitative estimate of drug-likeness (QED) is 0.678. The first-order valence-corrected chi connectivity index (χ1v) is 8.98. The Morgan fingerprint density at radius 1 is 1.25 bits per heavy atom. The van der Waals surface area contributed by atoms with Crippen LogP contribution in [0.2, 0.25) is 0 Å². The van der Waals surface area contributed by atoms with E-state index >= 15 is 0 Å². The van der Waals surface area contributed by atoms with Crippen LogP contribution >= 0.6 is 11.8 Å². The van der Waals surface area contributed by atoms with Crippen LogP contribution in [0, 0.1) is 18.3 Å². The fourth-order valence-electron chi connectivity index (χ4n) is 3.07. The van der Waals surface area contributed by atoms with Gasteiger partial charge < -0.3 is 4.90 Å². The number of imidazole rings is 1. The van der Waals surface area contributed by atoms with E-state index in [4.69, 9.17) is 0 Å². The Morgan fingerprint density at radius 2 is 1.96 bits per heavy atom. The zero-order valence-corrected chi connectivity index (χ0v) is 15.2. The van der Waals surface area contributed by atoms with Gasteiger partial charge in [0.1, 0.15) is 11.9 Å². The van der Waals surface area contributed by atoms with Crippen LogP contribution in [0.15, 0.2) is 41.6 Å². The largest absolute Gasteiger partial charge is 0.364 e. The maximum absolute atomic E-state index is 9.60. The molecule has 3 rings (SSSR count). The summed E-state index contributed by atoms with van der Waals surface area (Å²) in [5.41, 5.74) is 4.79. The van der Waals surface area contributed by atoms with E-state index in [0.29, 0.717) is 5.56 Å². The highest BCUT2D eigenvalue weighted by atomic mass is 32.2. The van der Waals surface area contributed by atoms with Crippen molar-refractivity contribution in [1.29, 1.82) is 5.26 Å². The van der Waals surface area contributed by atoms with Crippen molar-refractivity contribution >= 4 is 23.2 Å². The number of hydrogen-bond acceptors (Lipinski definition) is 4. The summed E-state index contributed by atoms with van der Waals surface area (Å²) in [6, 6.07) is 10.9. The lowest BCUT2D eigenvalue weighted by Gasteiger charge is -2.22. The molecule has 0 aliphatic rings. The van der Waals surface area contributed by atoms with Crippen LogP contribution in [0.3, 0.4) is 0 Å². The second kappa shape index (κ2) is 6.58. The smallest absolute Gasteiger partial charge is 0.156 e. The lowest BCUT2D eigenvalue weighted by atomic mass is 9.97. The lowest BCUT2D eigenvalue weighted by Crippen LogP contribution is -2.17. The van der Waals surface area contributed by atoms with Crippen LogP contribution < -0.4 is 4.90 Å². The highest BCUT2D eigenvalue weighted by Gasteiger charge is 2.19. The van der Waals surface area contributed by atoms with Crippen molar-refractivity contribution in [3.63, 3.8) is 0 Å². The molecule has 122 valence electrons. The fraction of sp³-hybridized carbons (Fsp3) is 0.263. The molecule has 0 radical (unpaired) electrons. The Bertz CT molecular complexity index is 917. The van der Waals surface area contributed by atoms with Gasteiger partial charge in [-0.3, -0.25) is 4.40 Å². The summed E-state index contributed by atoms with van der Waals surface area (Å²) < 4.78 is 2.01. The second-order valence-electron chi connectivity index (χ2n) is 5.95. The second-order valence-corrected chi connectivity index (χ2v) is 6.83.